The van der Waals surface area contributed by atoms with E-state index in [1.54, 1.807) is 0 Å². The van der Waals surface area contributed by atoms with Crippen molar-refractivity contribution in [2.24, 2.45) is 5.11 Å². The second-order valence-electron chi connectivity index (χ2n) is 3.79. The number of methoxy groups -OCH3 is 1. The number of ether oxygens (including phenoxy) is 1. The summed E-state index contributed by atoms with van der Waals surface area (Å²) in [6.07, 6.45) is 2.86. The lowest BCUT2D eigenvalue weighted by molar-refractivity contribution is -0.140. The van der Waals surface area contributed by atoms with E-state index >= 15 is 0 Å². The summed E-state index contributed by atoms with van der Waals surface area (Å²) >= 11 is 0. The van der Waals surface area contributed by atoms with Crippen molar-refractivity contribution in [2.45, 2.75) is 45.1 Å². The molecule has 0 saturated heterocycles. The monoisotopic (exact) mass is 199 g/mol. The molecule has 0 atom stereocenters. The first-order chi connectivity index (χ1) is 6.52. The van der Waals surface area contributed by atoms with E-state index in [2.05, 4.69) is 14.8 Å². The topological polar surface area (TPSA) is 75.1 Å². The number of unbranched alkanes of at least 4 members (excludes halogenated alkanes) is 1. The van der Waals surface area contributed by atoms with Crippen molar-refractivity contribution in [3.05, 3.63) is 10.4 Å². The normalized spacial score (nSPS) is 10.5. The summed E-state index contributed by atoms with van der Waals surface area (Å²) in [5, 5.41) is 3.66. The molecule has 0 aliphatic rings. The molecular formula is C9H17N3O2. The Balaban J connectivity index is 3.63. The smallest absolute Gasteiger partial charge is 0.305 e. The van der Waals surface area contributed by atoms with Gasteiger partial charge in [-0.2, -0.15) is 0 Å². The van der Waals surface area contributed by atoms with Crippen molar-refractivity contribution in [1.29, 1.82) is 0 Å². The highest BCUT2D eigenvalue weighted by Crippen LogP contribution is 2.18. The molecular weight excluding hydrogens is 182 g/mol. The average molecular weight is 199 g/mol. The van der Waals surface area contributed by atoms with Gasteiger partial charge in [-0.05, 0) is 18.4 Å². The zero-order valence-electron chi connectivity index (χ0n) is 8.99. The number of esters is 1. The predicted molar refractivity (Wildman–Crippen MR) is 53.7 cm³/mol. The summed E-state index contributed by atoms with van der Waals surface area (Å²) in [4.78, 5) is 13.5. The summed E-state index contributed by atoms with van der Waals surface area (Å²) in [7, 11) is 1.38. The van der Waals surface area contributed by atoms with Gasteiger partial charge >= 0.3 is 5.97 Å². The lowest BCUT2D eigenvalue weighted by Gasteiger charge is -2.16. The largest absolute Gasteiger partial charge is 0.469 e. The average Bonchev–Trinajstić information content (AvgIpc) is 2.12. The molecule has 0 aliphatic heterocycles. The van der Waals surface area contributed by atoms with Crippen LogP contribution in [-0.2, 0) is 9.53 Å². The maximum absolute atomic E-state index is 10.8. The zero-order chi connectivity index (χ0) is 11.0. The highest BCUT2D eigenvalue weighted by molar-refractivity contribution is 5.68. The maximum Gasteiger partial charge on any atom is 0.305 e. The van der Waals surface area contributed by atoms with Crippen LogP contribution in [0.3, 0.4) is 0 Å². The first-order valence-corrected chi connectivity index (χ1v) is 4.65. The van der Waals surface area contributed by atoms with Gasteiger partial charge in [-0.15, -0.1) is 0 Å². The Kier molecular flexibility index (Phi) is 5.72. The molecule has 0 N–H and O–H groups in total. The van der Waals surface area contributed by atoms with Gasteiger partial charge in [0, 0.05) is 16.9 Å². The van der Waals surface area contributed by atoms with Gasteiger partial charge in [0.15, 0.2) is 0 Å². The van der Waals surface area contributed by atoms with Crippen LogP contribution in [0.2, 0.25) is 0 Å². The van der Waals surface area contributed by atoms with E-state index in [0.717, 1.165) is 19.3 Å². The molecule has 14 heavy (non-hydrogen) atoms. The van der Waals surface area contributed by atoms with Crippen molar-refractivity contribution in [3.8, 4) is 0 Å². The van der Waals surface area contributed by atoms with Crippen molar-refractivity contribution >= 4 is 5.97 Å². The molecule has 0 heterocycles. The molecule has 0 fully saturated rings. The van der Waals surface area contributed by atoms with E-state index in [1.165, 1.54) is 7.11 Å². The number of rotatable bonds is 6. The number of hydrogen-bond acceptors (Lipinski definition) is 3. The third kappa shape index (κ3) is 6.31. The van der Waals surface area contributed by atoms with E-state index in [9.17, 15) is 4.79 Å². The minimum atomic E-state index is -0.356. The van der Waals surface area contributed by atoms with Crippen LogP contribution in [0.5, 0.6) is 0 Å². The van der Waals surface area contributed by atoms with Gasteiger partial charge in [0.2, 0.25) is 0 Å². The number of hydrogen-bond donors (Lipinski definition) is 0. The van der Waals surface area contributed by atoms with Crippen molar-refractivity contribution in [2.75, 3.05) is 7.11 Å². The lowest BCUT2D eigenvalue weighted by Crippen LogP contribution is -2.15. The van der Waals surface area contributed by atoms with Crippen molar-refractivity contribution < 1.29 is 9.53 Å². The van der Waals surface area contributed by atoms with Gasteiger partial charge in [0.25, 0.3) is 0 Å². The molecule has 0 unspecified atom stereocenters. The molecule has 0 bridgehead atoms. The molecule has 5 heteroatoms. The third-order valence-electron chi connectivity index (χ3n) is 1.96. The molecule has 0 rings (SSSR count). The van der Waals surface area contributed by atoms with E-state index in [1.807, 2.05) is 13.8 Å². The van der Waals surface area contributed by atoms with E-state index < -0.39 is 0 Å². The number of azide groups is 1. The Labute approximate surface area is 84.1 Å². The highest BCUT2D eigenvalue weighted by atomic mass is 16.5. The summed E-state index contributed by atoms with van der Waals surface area (Å²) in [5.74, 6) is -0.188. The predicted octanol–water partition coefficient (Wildman–Crippen LogP) is 2.81. The van der Waals surface area contributed by atoms with Crippen LogP contribution in [0.15, 0.2) is 5.11 Å². The van der Waals surface area contributed by atoms with Crippen molar-refractivity contribution in [3.63, 3.8) is 0 Å². The third-order valence-corrected chi connectivity index (χ3v) is 1.96. The Hall–Kier alpha value is -1.22. The Bertz CT molecular complexity index is 232. The van der Waals surface area contributed by atoms with Gasteiger partial charge < -0.3 is 4.74 Å². The van der Waals surface area contributed by atoms with E-state index in [0.29, 0.717) is 6.42 Å². The molecule has 0 aromatic carbocycles. The van der Waals surface area contributed by atoms with Crippen LogP contribution in [0, 0.1) is 0 Å². The molecule has 80 valence electrons. The molecule has 0 amide bonds. The quantitative estimate of drug-likeness (QED) is 0.217. The van der Waals surface area contributed by atoms with Crippen LogP contribution < -0.4 is 0 Å². The van der Waals surface area contributed by atoms with Gasteiger partial charge in [0.1, 0.15) is 0 Å². The SMILES string of the molecule is COC(=O)CCCCC(C)(C)N=[N+]=[N-]. The fourth-order valence-electron chi connectivity index (χ4n) is 1.10. The molecule has 0 saturated carbocycles. The van der Waals surface area contributed by atoms with Gasteiger partial charge in [-0.3, -0.25) is 4.79 Å². The molecule has 5 nitrogen and oxygen atoms in total. The minimum Gasteiger partial charge on any atom is -0.469 e. The summed E-state index contributed by atoms with van der Waals surface area (Å²) < 4.78 is 4.51. The molecule has 0 aromatic rings. The van der Waals surface area contributed by atoms with Gasteiger partial charge in [-0.1, -0.05) is 25.4 Å². The van der Waals surface area contributed by atoms with Crippen molar-refractivity contribution in [1.82, 2.24) is 0 Å². The Morgan fingerprint density at radius 2 is 2.14 bits per heavy atom. The van der Waals surface area contributed by atoms with Crippen LogP contribution in [0.4, 0.5) is 0 Å². The summed E-state index contributed by atoms with van der Waals surface area (Å²) in [6.45, 7) is 3.76. The second-order valence-corrected chi connectivity index (χ2v) is 3.79. The van der Waals surface area contributed by atoms with E-state index in [4.69, 9.17) is 5.53 Å². The standard InChI is InChI=1S/C9H17N3O2/c1-9(2,11-12-10)7-5-4-6-8(13)14-3/h4-7H2,1-3H3. The van der Waals surface area contributed by atoms with Crippen LogP contribution in [-0.4, -0.2) is 18.6 Å². The van der Waals surface area contributed by atoms with E-state index in [-0.39, 0.29) is 11.5 Å². The first kappa shape index (κ1) is 12.8. The number of nitrogens with zero attached hydrogens (tertiary/aromatic N) is 3. The van der Waals surface area contributed by atoms with Crippen LogP contribution in [0.1, 0.15) is 39.5 Å². The molecule has 0 aliphatic carbocycles. The first-order valence-electron chi connectivity index (χ1n) is 4.65. The molecule has 0 aromatic heterocycles. The number of carbonyl (C=O) groups excluding carboxylic acids is 1. The Morgan fingerprint density at radius 3 is 2.64 bits per heavy atom. The van der Waals surface area contributed by atoms with Gasteiger partial charge in [-0.25, -0.2) is 0 Å². The zero-order valence-corrected chi connectivity index (χ0v) is 8.99. The second kappa shape index (κ2) is 6.27. The highest BCUT2D eigenvalue weighted by Gasteiger charge is 2.14. The maximum atomic E-state index is 10.8. The van der Waals surface area contributed by atoms with Crippen LogP contribution >= 0.6 is 0 Å². The summed E-state index contributed by atoms with van der Waals surface area (Å²) in [5.41, 5.74) is 7.91. The Morgan fingerprint density at radius 1 is 1.50 bits per heavy atom. The molecule has 0 spiro atoms. The lowest BCUT2D eigenvalue weighted by atomic mass is 9.98. The fourth-order valence-corrected chi connectivity index (χ4v) is 1.10. The minimum absolute atomic E-state index is 0.188. The molecule has 0 radical (unpaired) electrons. The number of carbonyl (C=O) groups is 1. The summed E-state index contributed by atoms with van der Waals surface area (Å²) in [6, 6.07) is 0. The van der Waals surface area contributed by atoms with Gasteiger partial charge in [0.05, 0.1) is 7.11 Å². The van der Waals surface area contributed by atoms with Crippen LogP contribution in [0.25, 0.3) is 10.4 Å². The fraction of sp³-hybridized carbons (Fsp3) is 0.889.